The van der Waals surface area contributed by atoms with Gasteiger partial charge in [-0.25, -0.2) is 14.8 Å². The highest BCUT2D eigenvalue weighted by atomic mass is 16.6. The predicted molar refractivity (Wildman–Crippen MR) is 105 cm³/mol. The molecule has 2 aliphatic rings. The zero-order valence-electron chi connectivity index (χ0n) is 16.6. The van der Waals surface area contributed by atoms with Gasteiger partial charge in [-0.3, -0.25) is 0 Å². The zero-order valence-corrected chi connectivity index (χ0v) is 16.6. The van der Waals surface area contributed by atoms with Crippen molar-refractivity contribution in [2.75, 3.05) is 25.0 Å². The van der Waals surface area contributed by atoms with Gasteiger partial charge >= 0.3 is 6.09 Å². The molecular weight excluding hydrogens is 342 g/mol. The molecule has 1 aliphatic heterocycles. The van der Waals surface area contributed by atoms with E-state index in [1.807, 2.05) is 37.9 Å². The molecule has 4 rings (SSSR count). The number of ether oxygens (including phenoxy) is 1. The number of fused-ring (bicyclic) bond motifs is 2. The molecule has 0 aromatic carbocycles. The van der Waals surface area contributed by atoms with E-state index in [1.165, 1.54) is 0 Å². The number of aromatic nitrogens is 3. The summed E-state index contributed by atoms with van der Waals surface area (Å²) in [6.45, 7) is 7.35. The molecule has 1 aliphatic carbocycles. The molecule has 1 saturated heterocycles. The number of nitrogens with one attached hydrogen (secondary N) is 1. The second kappa shape index (κ2) is 6.69. The summed E-state index contributed by atoms with van der Waals surface area (Å²) in [5.74, 6) is 2.18. The quantitative estimate of drug-likeness (QED) is 0.875. The number of likely N-dealkylation sites (tertiary alicyclic amines) is 1. The minimum absolute atomic E-state index is 0.178. The second-order valence-electron chi connectivity index (χ2n) is 8.91. The van der Waals surface area contributed by atoms with E-state index in [0.717, 1.165) is 49.2 Å². The topological polar surface area (TPSA) is 74.4 Å². The van der Waals surface area contributed by atoms with Gasteiger partial charge in [0, 0.05) is 32.4 Å². The summed E-state index contributed by atoms with van der Waals surface area (Å²) in [4.78, 5) is 28.6. The first-order chi connectivity index (χ1) is 12.8. The molecule has 2 unspecified atom stereocenters. The van der Waals surface area contributed by atoms with E-state index in [1.54, 1.807) is 6.33 Å². The maximum Gasteiger partial charge on any atom is 0.410 e. The summed E-state index contributed by atoms with van der Waals surface area (Å²) in [5, 5.41) is 1.06. The van der Waals surface area contributed by atoms with Crippen molar-refractivity contribution in [1.82, 2.24) is 19.9 Å². The van der Waals surface area contributed by atoms with Crippen molar-refractivity contribution >= 4 is 22.9 Å². The molecule has 0 spiro atoms. The number of carbonyl (C=O) groups excluding carboxylic acids is 1. The Balaban J connectivity index is 1.44. The molecule has 0 bridgehead atoms. The molecule has 7 nitrogen and oxygen atoms in total. The molecule has 1 saturated carbocycles. The molecule has 1 N–H and O–H groups in total. The highest BCUT2D eigenvalue weighted by molar-refractivity contribution is 5.87. The molecule has 2 aromatic heterocycles. The lowest BCUT2D eigenvalue weighted by atomic mass is 9.89. The minimum atomic E-state index is -0.443. The van der Waals surface area contributed by atoms with Crippen molar-refractivity contribution in [3.8, 4) is 0 Å². The fourth-order valence-corrected chi connectivity index (χ4v) is 4.57. The summed E-state index contributed by atoms with van der Waals surface area (Å²) in [7, 11) is 2.13. The summed E-state index contributed by atoms with van der Waals surface area (Å²) in [6, 6.07) is 2.47. The van der Waals surface area contributed by atoms with Crippen LogP contribution in [0.4, 0.5) is 10.6 Å². The van der Waals surface area contributed by atoms with Gasteiger partial charge in [-0.2, -0.15) is 0 Å². The van der Waals surface area contributed by atoms with Gasteiger partial charge in [-0.05, 0) is 57.9 Å². The Kier molecular flexibility index (Phi) is 4.48. The minimum Gasteiger partial charge on any atom is -0.444 e. The molecule has 2 aromatic rings. The second-order valence-corrected chi connectivity index (χ2v) is 8.91. The van der Waals surface area contributed by atoms with E-state index in [-0.39, 0.29) is 6.09 Å². The van der Waals surface area contributed by atoms with Crippen LogP contribution in [0.1, 0.15) is 40.0 Å². The van der Waals surface area contributed by atoms with Crippen molar-refractivity contribution in [3.05, 3.63) is 18.6 Å². The number of rotatable bonds is 2. The molecule has 27 heavy (non-hydrogen) atoms. The maximum atomic E-state index is 12.4. The fraction of sp³-hybridized carbons (Fsp3) is 0.650. The normalized spacial score (nSPS) is 25.5. The number of amides is 1. The lowest BCUT2D eigenvalue weighted by molar-refractivity contribution is 0.0127. The summed E-state index contributed by atoms with van der Waals surface area (Å²) in [5.41, 5.74) is 0.430. The lowest BCUT2D eigenvalue weighted by Crippen LogP contribution is -2.44. The van der Waals surface area contributed by atoms with Gasteiger partial charge in [0.05, 0.1) is 5.39 Å². The summed E-state index contributed by atoms with van der Waals surface area (Å²) >= 11 is 0. The van der Waals surface area contributed by atoms with Crippen LogP contribution in [0, 0.1) is 11.8 Å². The molecule has 3 atom stereocenters. The fourth-order valence-electron chi connectivity index (χ4n) is 4.57. The van der Waals surface area contributed by atoms with E-state index in [0.29, 0.717) is 17.9 Å². The van der Waals surface area contributed by atoms with Crippen LogP contribution in [0.2, 0.25) is 0 Å². The Morgan fingerprint density at radius 2 is 2.07 bits per heavy atom. The molecule has 146 valence electrons. The molecule has 2 fully saturated rings. The van der Waals surface area contributed by atoms with E-state index in [4.69, 9.17) is 4.74 Å². The predicted octanol–water partition coefficient (Wildman–Crippen LogP) is 3.43. The van der Waals surface area contributed by atoms with Gasteiger partial charge in [0.2, 0.25) is 0 Å². The highest BCUT2D eigenvalue weighted by Crippen LogP contribution is 2.41. The Morgan fingerprint density at radius 3 is 2.85 bits per heavy atom. The van der Waals surface area contributed by atoms with Gasteiger partial charge in [-0.1, -0.05) is 0 Å². The monoisotopic (exact) mass is 371 g/mol. The lowest BCUT2D eigenvalue weighted by Gasteiger charge is -2.35. The summed E-state index contributed by atoms with van der Waals surface area (Å²) in [6.07, 6.45) is 6.64. The van der Waals surface area contributed by atoms with Crippen molar-refractivity contribution < 1.29 is 9.53 Å². The number of aromatic amines is 1. The third kappa shape index (κ3) is 3.59. The van der Waals surface area contributed by atoms with E-state index >= 15 is 0 Å². The van der Waals surface area contributed by atoms with Gasteiger partial charge in [0.25, 0.3) is 0 Å². The molecular formula is C20H29N5O2. The van der Waals surface area contributed by atoms with Crippen molar-refractivity contribution in [1.29, 1.82) is 0 Å². The van der Waals surface area contributed by atoms with Crippen LogP contribution in [0.5, 0.6) is 0 Å². The van der Waals surface area contributed by atoms with Crippen LogP contribution >= 0.6 is 0 Å². The van der Waals surface area contributed by atoms with Gasteiger partial charge in [0.1, 0.15) is 23.4 Å². The van der Waals surface area contributed by atoms with Gasteiger partial charge in [0.15, 0.2) is 0 Å². The van der Waals surface area contributed by atoms with Crippen LogP contribution in [0.15, 0.2) is 18.6 Å². The number of hydrogen-bond acceptors (Lipinski definition) is 5. The number of hydrogen-bond donors (Lipinski definition) is 1. The van der Waals surface area contributed by atoms with Crippen LogP contribution in [-0.4, -0.2) is 57.7 Å². The Morgan fingerprint density at radius 1 is 1.30 bits per heavy atom. The average molecular weight is 371 g/mol. The smallest absolute Gasteiger partial charge is 0.410 e. The van der Waals surface area contributed by atoms with Crippen molar-refractivity contribution in [2.45, 2.75) is 51.7 Å². The van der Waals surface area contributed by atoms with Crippen LogP contribution < -0.4 is 4.90 Å². The van der Waals surface area contributed by atoms with E-state index in [2.05, 4.69) is 26.9 Å². The van der Waals surface area contributed by atoms with E-state index in [9.17, 15) is 4.79 Å². The number of carbonyl (C=O) groups is 1. The molecule has 1 amide bonds. The highest BCUT2D eigenvalue weighted by Gasteiger charge is 2.41. The maximum absolute atomic E-state index is 12.4. The number of anilines is 1. The first kappa shape index (κ1) is 18.1. The van der Waals surface area contributed by atoms with Gasteiger partial charge < -0.3 is 19.5 Å². The van der Waals surface area contributed by atoms with Crippen molar-refractivity contribution in [3.63, 3.8) is 0 Å². The zero-order chi connectivity index (χ0) is 19.2. The van der Waals surface area contributed by atoms with Gasteiger partial charge in [-0.15, -0.1) is 0 Å². The largest absolute Gasteiger partial charge is 0.444 e. The Labute approximate surface area is 160 Å². The third-order valence-corrected chi connectivity index (χ3v) is 5.91. The third-order valence-electron chi connectivity index (χ3n) is 5.91. The van der Waals surface area contributed by atoms with Crippen LogP contribution in [0.25, 0.3) is 11.0 Å². The van der Waals surface area contributed by atoms with Crippen molar-refractivity contribution in [2.24, 2.45) is 11.8 Å². The number of piperidine rings is 1. The summed E-state index contributed by atoms with van der Waals surface area (Å²) < 4.78 is 5.56. The number of nitrogens with zero attached hydrogens (tertiary/aromatic N) is 4. The SMILES string of the molecule is CN(c1ncnc2[nH]ccc12)C1CC2CN(C(=O)OC(C)(C)C)CC[C@H]2C1. The van der Waals surface area contributed by atoms with Crippen LogP contribution in [0.3, 0.4) is 0 Å². The van der Waals surface area contributed by atoms with Crippen LogP contribution in [-0.2, 0) is 4.74 Å². The molecule has 7 heteroatoms. The Hall–Kier alpha value is -2.31. The number of H-pyrrole nitrogens is 1. The first-order valence-electron chi connectivity index (χ1n) is 9.80. The molecule has 0 radical (unpaired) electrons. The standard InChI is InChI=1S/C20H29N5O2/c1-20(2,3)27-19(26)25-8-6-13-9-15(10-14(13)11-25)24(4)18-16-5-7-21-17(16)22-12-23-18/h5,7,12-15H,6,8-11H2,1-4H3,(H,21,22,23)/t13-,14?,15?/m0/s1. The first-order valence-corrected chi connectivity index (χ1v) is 9.80. The average Bonchev–Trinajstić information content (AvgIpc) is 3.25. The van der Waals surface area contributed by atoms with E-state index < -0.39 is 5.60 Å². The Bertz CT molecular complexity index is 827. The molecule has 3 heterocycles.